The zero-order chi connectivity index (χ0) is 11.6. The summed E-state index contributed by atoms with van der Waals surface area (Å²) in [4.78, 5) is 3.05. The van der Waals surface area contributed by atoms with E-state index in [-0.39, 0.29) is 4.47 Å². The number of nitrogens with zero attached hydrogens (tertiary/aromatic N) is 2. The van der Waals surface area contributed by atoms with Gasteiger partial charge in [-0.3, -0.25) is 0 Å². The van der Waals surface area contributed by atoms with Crippen molar-refractivity contribution in [2.24, 2.45) is 0 Å². The van der Waals surface area contributed by atoms with Gasteiger partial charge in [-0.05, 0) is 22.0 Å². The number of ether oxygens (including phenoxy) is 1. The molecule has 0 N–H and O–H groups in total. The molecule has 0 fully saturated rings. The Hall–Kier alpha value is -1.36. The zero-order valence-corrected chi connectivity index (χ0v) is 8.36. The van der Waals surface area contributed by atoms with Crippen molar-refractivity contribution in [3.8, 4) is 11.9 Å². The predicted molar refractivity (Wildman–Crippen MR) is 43.3 cm³/mol. The van der Waals surface area contributed by atoms with Crippen LogP contribution < -0.4 is 4.74 Å². The van der Waals surface area contributed by atoms with Crippen molar-refractivity contribution in [1.82, 2.24) is 4.98 Å². The fourth-order valence-corrected chi connectivity index (χ4v) is 1.08. The van der Waals surface area contributed by atoms with Crippen LogP contribution in [-0.2, 0) is 0 Å². The summed E-state index contributed by atoms with van der Waals surface area (Å²) in [5.41, 5.74) is -0.766. The third-order valence-electron chi connectivity index (χ3n) is 1.22. The lowest BCUT2D eigenvalue weighted by Gasteiger charge is -2.09. The number of aromatic nitrogens is 1. The number of hydrogen-bond acceptors (Lipinski definition) is 3. The maximum Gasteiger partial charge on any atom is 0.574 e. The summed E-state index contributed by atoms with van der Waals surface area (Å²) in [7, 11) is 0. The molecule has 0 aliphatic carbocycles. The molecule has 0 bridgehead atoms. The van der Waals surface area contributed by atoms with Gasteiger partial charge in [-0.15, -0.1) is 13.2 Å². The van der Waals surface area contributed by atoms with E-state index in [1.165, 1.54) is 6.07 Å². The molecule has 80 valence electrons. The van der Waals surface area contributed by atoms with Crippen LogP contribution in [-0.4, -0.2) is 11.3 Å². The molecule has 0 unspecified atom stereocenters. The summed E-state index contributed by atoms with van der Waals surface area (Å²) in [6.45, 7) is 0. The molecule has 0 spiro atoms. The highest BCUT2D eigenvalue weighted by atomic mass is 79.9. The lowest BCUT2D eigenvalue weighted by atomic mass is 10.3. The molecule has 15 heavy (non-hydrogen) atoms. The standard InChI is InChI=1S/C7HBrF4N2O/c8-3-1-4(9)5(2-13)14-6(3)15-7(10,11)12/h1H. The van der Waals surface area contributed by atoms with Crippen molar-refractivity contribution >= 4 is 15.9 Å². The van der Waals surface area contributed by atoms with Crippen molar-refractivity contribution in [1.29, 1.82) is 5.26 Å². The van der Waals surface area contributed by atoms with E-state index in [9.17, 15) is 17.6 Å². The van der Waals surface area contributed by atoms with Crippen LogP contribution in [0.1, 0.15) is 5.69 Å². The molecule has 0 aromatic carbocycles. The van der Waals surface area contributed by atoms with E-state index < -0.39 is 23.8 Å². The highest BCUT2D eigenvalue weighted by Crippen LogP contribution is 2.29. The van der Waals surface area contributed by atoms with Crippen molar-refractivity contribution in [3.05, 3.63) is 22.1 Å². The van der Waals surface area contributed by atoms with Gasteiger partial charge in [0.2, 0.25) is 5.88 Å². The Bertz CT molecular complexity index is 426. The number of hydrogen-bond donors (Lipinski definition) is 0. The van der Waals surface area contributed by atoms with Crippen LogP contribution >= 0.6 is 15.9 Å². The Labute approximate surface area is 89.4 Å². The molecule has 8 heteroatoms. The van der Waals surface area contributed by atoms with Gasteiger partial charge < -0.3 is 4.74 Å². The number of pyridine rings is 1. The van der Waals surface area contributed by atoms with Crippen LogP contribution in [0.15, 0.2) is 10.5 Å². The van der Waals surface area contributed by atoms with Crippen LogP contribution in [0.4, 0.5) is 17.6 Å². The van der Waals surface area contributed by atoms with Gasteiger partial charge >= 0.3 is 6.36 Å². The Morgan fingerprint density at radius 1 is 1.47 bits per heavy atom. The Balaban J connectivity index is 3.15. The maximum absolute atomic E-state index is 12.8. The van der Waals surface area contributed by atoms with E-state index in [0.29, 0.717) is 6.07 Å². The summed E-state index contributed by atoms with van der Waals surface area (Å²) < 4.78 is 51.3. The van der Waals surface area contributed by atoms with E-state index in [1.807, 2.05) is 0 Å². The molecule has 0 atom stereocenters. The maximum atomic E-state index is 12.8. The van der Waals surface area contributed by atoms with Gasteiger partial charge in [-0.1, -0.05) is 0 Å². The first-order chi connectivity index (χ1) is 6.83. The molecule has 0 amide bonds. The van der Waals surface area contributed by atoms with E-state index >= 15 is 0 Å². The van der Waals surface area contributed by atoms with E-state index in [2.05, 4.69) is 25.7 Å². The van der Waals surface area contributed by atoms with E-state index in [4.69, 9.17) is 5.26 Å². The van der Waals surface area contributed by atoms with Crippen molar-refractivity contribution < 1.29 is 22.3 Å². The first-order valence-electron chi connectivity index (χ1n) is 3.35. The summed E-state index contributed by atoms with van der Waals surface area (Å²) in [6, 6.07) is 1.97. The second-order valence-electron chi connectivity index (χ2n) is 2.27. The van der Waals surface area contributed by atoms with Crippen molar-refractivity contribution in [3.63, 3.8) is 0 Å². The van der Waals surface area contributed by atoms with Crippen LogP contribution in [0.3, 0.4) is 0 Å². The Kier molecular flexibility index (Phi) is 3.14. The molecular weight excluding hydrogens is 284 g/mol. The number of rotatable bonds is 1. The lowest BCUT2D eigenvalue weighted by molar-refractivity contribution is -0.276. The molecule has 1 rings (SSSR count). The molecule has 1 heterocycles. The fourth-order valence-electron chi connectivity index (χ4n) is 0.709. The molecule has 3 nitrogen and oxygen atoms in total. The Morgan fingerprint density at radius 3 is 2.53 bits per heavy atom. The van der Waals surface area contributed by atoms with Crippen LogP contribution in [0.5, 0.6) is 5.88 Å². The first kappa shape index (κ1) is 11.7. The molecular formula is C7HBrF4N2O. The minimum atomic E-state index is -4.94. The topological polar surface area (TPSA) is 45.9 Å². The van der Waals surface area contributed by atoms with Gasteiger partial charge in [-0.25, -0.2) is 4.39 Å². The molecule has 0 saturated carbocycles. The Morgan fingerprint density at radius 2 is 2.07 bits per heavy atom. The molecule has 0 aliphatic rings. The van der Waals surface area contributed by atoms with E-state index in [0.717, 1.165) is 0 Å². The molecule has 0 radical (unpaired) electrons. The monoisotopic (exact) mass is 284 g/mol. The molecule has 1 aromatic heterocycles. The molecule has 0 saturated heterocycles. The second-order valence-corrected chi connectivity index (χ2v) is 3.12. The lowest BCUT2D eigenvalue weighted by Crippen LogP contribution is -2.18. The molecule has 0 aliphatic heterocycles. The zero-order valence-electron chi connectivity index (χ0n) is 6.77. The van der Waals surface area contributed by atoms with Crippen LogP contribution in [0.25, 0.3) is 0 Å². The number of halogens is 5. The van der Waals surface area contributed by atoms with Gasteiger partial charge in [0.1, 0.15) is 6.07 Å². The van der Waals surface area contributed by atoms with Gasteiger partial charge in [0.05, 0.1) is 4.47 Å². The SMILES string of the molecule is N#Cc1nc(OC(F)(F)F)c(Br)cc1F. The van der Waals surface area contributed by atoms with Gasteiger partial charge in [0, 0.05) is 0 Å². The third-order valence-corrected chi connectivity index (χ3v) is 1.78. The summed E-state index contributed by atoms with van der Waals surface area (Å²) >= 11 is 2.63. The molecule has 1 aromatic rings. The highest BCUT2D eigenvalue weighted by Gasteiger charge is 2.33. The average molecular weight is 285 g/mol. The summed E-state index contributed by atoms with van der Waals surface area (Å²) in [6.07, 6.45) is -4.94. The normalized spacial score (nSPS) is 10.9. The quantitative estimate of drug-likeness (QED) is 0.745. The fraction of sp³-hybridized carbons (Fsp3) is 0.143. The van der Waals surface area contributed by atoms with Crippen LogP contribution in [0, 0.1) is 17.1 Å². The third kappa shape index (κ3) is 3.06. The van der Waals surface area contributed by atoms with E-state index in [1.54, 1.807) is 0 Å². The highest BCUT2D eigenvalue weighted by molar-refractivity contribution is 9.10. The minimum Gasteiger partial charge on any atom is -0.387 e. The first-order valence-corrected chi connectivity index (χ1v) is 4.14. The van der Waals surface area contributed by atoms with Gasteiger partial charge in [-0.2, -0.15) is 10.2 Å². The largest absolute Gasteiger partial charge is 0.574 e. The number of nitriles is 1. The minimum absolute atomic E-state index is 0.323. The second kappa shape index (κ2) is 4.02. The number of alkyl halides is 3. The average Bonchev–Trinajstić information content (AvgIpc) is 2.07. The van der Waals surface area contributed by atoms with Crippen LogP contribution in [0.2, 0.25) is 0 Å². The smallest absolute Gasteiger partial charge is 0.387 e. The summed E-state index contributed by atoms with van der Waals surface area (Å²) in [5.74, 6) is -1.93. The predicted octanol–water partition coefficient (Wildman–Crippen LogP) is 2.75. The van der Waals surface area contributed by atoms with Crippen molar-refractivity contribution in [2.75, 3.05) is 0 Å². The van der Waals surface area contributed by atoms with Gasteiger partial charge in [0.15, 0.2) is 11.5 Å². The summed E-state index contributed by atoms with van der Waals surface area (Å²) in [5, 5.41) is 8.33. The van der Waals surface area contributed by atoms with Gasteiger partial charge in [0.25, 0.3) is 0 Å². The van der Waals surface area contributed by atoms with Crippen molar-refractivity contribution in [2.45, 2.75) is 6.36 Å².